The number of nitrogens with one attached hydrogen (secondary N) is 1. The Balaban J connectivity index is 1.86. The van der Waals surface area contributed by atoms with E-state index in [-0.39, 0.29) is 0 Å². The summed E-state index contributed by atoms with van der Waals surface area (Å²) in [5.41, 5.74) is 2.41. The first-order valence-electron chi connectivity index (χ1n) is 7.04. The van der Waals surface area contributed by atoms with Gasteiger partial charge in [-0.3, -0.25) is 0 Å². The largest absolute Gasteiger partial charge is 0.481 e. The topological polar surface area (TPSA) is 71.5 Å². The van der Waals surface area contributed by atoms with Crippen LogP contribution in [-0.4, -0.2) is 22.7 Å². The van der Waals surface area contributed by atoms with Gasteiger partial charge in [0.15, 0.2) is 11.7 Å². The van der Waals surface area contributed by atoms with E-state index >= 15 is 0 Å². The minimum atomic E-state index is -1.02. The van der Waals surface area contributed by atoms with Crippen molar-refractivity contribution in [1.29, 1.82) is 0 Å². The molecule has 2 aromatic carbocycles. The van der Waals surface area contributed by atoms with Gasteiger partial charge in [-0.05, 0) is 30.3 Å². The summed E-state index contributed by atoms with van der Waals surface area (Å²) >= 11 is 4.89. The van der Waals surface area contributed by atoms with Crippen molar-refractivity contribution in [3.8, 4) is 17.0 Å². The lowest BCUT2D eigenvalue weighted by Gasteiger charge is -2.09. The predicted molar refractivity (Wildman–Crippen MR) is 98.1 cm³/mol. The number of para-hydroxylation sites is 1. The van der Waals surface area contributed by atoms with Crippen LogP contribution >= 0.6 is 27.3 Å². The van der Waals surface area contributed by atoms with Crippen LogP contribution in [0.25, 0.3) is 11.3 Å². The fraction of sp³-hybridized carbons (Fsp3) is 0.0588. The van der Waals surface area contributed by atoms with E-state index in [4.69, 9.17) is 9.84 Å². The van der Waals surface area contributed by atoms with E-state index in [2.05, 4.69) is 26.2 Å². The minimum absolute atomic E-state index is 0.395. The maximum atomic E-state index is 10.7. The zero-order valence-corrected chi connectivity index (χ0v) is 14.8. The Kier molecular flexibility index (Phi) is 5.12. The molecule has 0 aliphatic heterocycles. The molecule has 0 aliphatic rings. The van der Waals surface area contributed by atoms with E-state index in [1.54, 1.807) is 12.1 Å². The average Bonchev–Trinajstić information content (AvgIpc) is 3.03. The summed E-state index contributed by atoms with van der Waals surface area (Å²) in [4.78, 5) is 15.3. The number of anilines is 2. The molecule has 0 radical (unpaired) electrons. The van der Waals surface area contributed by atoms with Crippen molar-refractivity contribution in [3.63, 3.8) is 0 Å². The van der Waals surface area contributed by atoms with Crippen molar-refractivity contribution in [2.45, 2.75) is 0 Å². The third-order valence-corrected chi connectivity index (χ3v) is 4.35. The monoisotopic (exact) mass is 404 g/mol. The first-order chi connectivity index (χ1) is 11.6. The number of halogens is 1. The van der Waals surface area contributed by atoms with Gasteiger partial charge in [0, 0.05) is 21.1 Å². The van der Waals surface area contributed by atoms with E-state index in [0.29, 0.717) is 5.75 Å². The van der Waals surface area contributed by atoms with E-state index in [9.17, 15) is 4.79 Å². The number of aliphatic carboxylic acids is 1. The molecule has 24 heavy (non-hydrogen) atoms. The number of carbonyl (C=O) groups is 1. The van der Waals surface area contributed by atoms with E-state index in [1.165, 1.54) is 11.3 Å². The van der Waals surface area contributed by atoms with E-state index in [0.717, 1.165) is 26.5 Å². The lowest BCUT2D eigenvalue weighted by atomic mass is 10.1. The van der Waals surface area contributed by atoms with Crippen LogP contribution in [-0.2, 0) is 4.79 Å². The van der Waals surface area contributed by atoms with Gasteiger partial charge in [0.2, 0.25) is 0 Å². The molecule has 1 heterocycles. The van der Waals surface area contributed by atoms with Gasteiger partial charge in [0.25, 0.3) is 0 Å². The third kappa shape index (κ3) is 4.12. The molecule has 0 atom stereocenters. The van der Waals surface area contributed by atoms with Gasteiger partial charge >= 0.3 is 5.97 Å². The van der Waals surface area contributed by atoms with Crippen LogP contribution in [0.4, 0.5) is 10.8 Å². The second-order valence-corrected chi connectivity index (χ2v) is 6.63. The summed E-state index contributed by atoms with van der Waals surface area (Å²) in [5, 5.41) is 14.7. The van der Waals surface area contributed by atoms with Gasteiger partial charge in [-0.1, -0.05) is 34.1 Å². The summed E-state index contributed by atoms with van der Waals surface area (Å²) in [7, 11) is 0. The smallest absolute Gasteiger partial charge is 0.341 e. The number of ether oxygens (including phenoxy) is 1. The Bertz CT molecular complexity index is 852. The second-order valence-electron chi connectivity index (χ2n) is 4.85. The average molecular weight is 405 g/mol. The zero-order valence-electron chi connectivity index (χ0n) is 12.4. The van der Waals surface area contributed by atoms with E-state index < -0.39 is 12.6 Å². The molecule has 7 heteroatoms. The number of rotatable bonds is 6. The third-order valence-electron chi connectivity index (χ3n) is 3.10. The summed E-state index contributed by atoms with van der Waals surface area (Å²) in [6.45, 7) is -0.395. The summed E-state index contributed by atoms with van der Waals surface area (Å²) < 4.78 is 6.23. The maximum Gasteiger partial charge on any atom is 0.341 e. The molecule has 3 rings (SSSR count). The second kappa shape index (κ2) is 7.46. The Morgan fingerprint density at radius 2 is 2.04 bits per heavy atom. The van der Waals surface area contributed by atoms with Gasteiger partial charge < -0.3 is 15.2 Å². The van der Waals surface area contributed by atoms with E-state index in [1.807, 2.05) is 41.8 Å². The van der Waals surface area contributed by atoms with Crippen molar-refractivity contribution < 1.29 is 14.6 Å². The van der Waals surface area contributed by atoms with Gasteiger partial charge in [0.1, 0.15) is 5.75 Å². The Labute approximate surface area is 151 Å². The van der Waals surface area contributed by atoms with Crippen LogP contribution in [0.3, 0.4) is 0 Å². The molecule has 0 saturated carbocycles. The van der Waals surface area contributed by atoms with Gasteiger partial charge in [0.05, 0.1) is 5.69 Å². The molecule has 0 bridgehead atoms. The maximum absolute atomic E-state index is 10.7. The molecule has 3 aromatic rings. The first kappa shape index (κ1) is 16.5. The quantitative estimate of drug-likeness (QED) is 0.618. The van der Waals surface area contributed by atoms with Crippen LogP contribution in [0.2, 0.25) is 0 Å². The zero-order chi connectivity index (χ0) is 16.9. The minimum Gasteiger partial charge on any atom is -0.481 e. The predicted octanol–water partition coefficient (Wildman–Crippen LogP) is 4.78. The molecular weight excluding hydrogens is 392 g/mol. The molecular formula is C17H13BrN2O3S. The number of aromatic nitrogens is 1. The molecule has 2 N–H and O–H groups in total. The number of hydrogen-bond acceptors (Lipinski definition) is 5. The summed E-state index contributed by atoms with van der Waals surface area (Å²) in [6, 6.07) is 15.2. The van der Waals surface area contributed by atoms with Crippen molar-refractivity contribution >= 4 is 44.1 Å². The summed E-state index contributed by atoms with van der Waals surface area (Å²) in [6.07, 6.45) is 0. The van der Waals surface area contributed by atoms with Crippen molar-refractivity contribution in [2.75, 3.05) is 11.9 Å². The molecule has 5 nitrogen and oxygen atoms in total. The molecule has 0 aliphatic carbocycles. The number of hydrogen-bond donors (Lipinski definition) is 2. The number of thiazole rings is 1. The van der Waals surface area contributed by atoms with Crippen LogP contribution in [0.5, 0.6) is 5.75 Å². The van der Waals surface area contributed by atoms with Crippen molar-refractivity contribution in [3.05, 3.63) is 58.4 Å². The van der Waals surface area contributed by atoms with Crippen LogP contribution in [0.15, 0.2) is 58.4 Å². The highest BCUT2D eigenvalue weighted by Gasteiger charge is 2.12. The van der Waals surface area contributed by atoms with Gasteiger partial charge in [-0.25, -0.2) is 9.78 Å². The van der Waals surface area contributed by atoms with Crippen LogP contribution in [0.1, 0.15) is 0 Å². The molecule has 0 amide bonds. The SMILES string of the molecule is O=C(O)COc1ccc(Br)cc1-c1csc(Nc2ccccc2)n1. The lowest BCUT2D eigenvalue weighted by molar-refractivity contribution is -0.139. The number of nitrogens with zero attached hydrogens (tertiary/aromatic N) is 1. The van der Waals surface area contributed by atoms with Crippen molar-refractivity contribution in [1.82, 2.24) is 4.98 Å². The van der Waals surface area contributed by atoms with Crippen LogP contribution in [0, 0.1) is 0 Å². The standard InChI is InChI=1S/C17H13BrN2O3S/c18-11-6-7-15(23-9-16(21)22)13(8-11)14-10-24-17(20-14)19-12-4-2-1-3-5-12/h1-8,10H,9H2,(H,19,20)(H,21,22). The molecule has 0 fully saturated rings. The Morgan fingerprint density at radius 3 is 2.79 bits per heavy atom. The lowest BCUT2D eigenvalue weighted by Crippen LogP contribution is -2.10. The number of benzene rings is 2. The normalized spacial score (nSPS) is 10.4. The summed E-state index contributed by atoms with van der Waals surface area (Å²) in [5.74, 6) is -0.536. The fourth-order valence-corrected chi connectivity index (χ4v) is 3.16. The van der Waals surface area contributed by atoms with Gasteiger partial charge in [-0.2, -0.15) is 0 Å². The Hall–Kier alpha value is -2.38. The number of carboxylic acid groups (broad SMARTS) is 1. The highest BCUT2D eigenvalue weighted by molar-refractivity contribution is 9.10. The number of carboxylic acids is 1. The first-order valence-corrected chi connectivity index (χ1v) is 8.71. The molecule has 122 valence electrons. The highest BCUT2D eigenvalue weighted by atomic mass is 79.9. The van der Waals surface area contributed by atoms with Crippen molar-refractivity contribution in [2.24, 2.45) is 0 Å². The molecule has 0 unspecified atom stereocenters. The molecule has 0 spiro atoms. The Morgan fingerprint density at radius 1 is 1.25 bits per heavy atom. The molecule has 0 saturated heterocycles. The van der Waals surface area contributed by atoms with Gasteiger partial charge in [-0.15, -0.1) is 11.3 Å². The highest BCUT2D eigenvalue weighted by Crippen LogP contribution is 2.35. The fourth-order valence-electron chi connectivity index (χ4n) is 2.07. The molecule has 1 aromatic heterocycles. The van der Waals surface area contributed by atoms with Crippen LogP contribution < -0.4 is 10.1 Å².